The molecule has 1 saturated heterocycles. The lowest BCUT2D eigenvalue weighted by molar-refractivity contribution is 0.0604. The SMILES string of the molecule is NCc1ccnc(C2(c3ccccc3)CCOCC2)n1. The molecule has 0 atom stereocenters. The van der Waals surface area contributed by atoms with Crippen LogP contribution in [-0.2, 0) is 16.7 Å². The average molecular weight is 269 g/mol. The van der Waals surface area contributed by atoms with Crippen LogP contribution >= 0.6 is 0 Å². The summed E-state index contributed by atoms with van der Waals surface area (Å²) < 4.78 is 5.54. The van der Waals surface area contributed by atoms with E-state index in [0.29, 0.717) is 6.54 Å². The first-order valence-corrected chi connectivity index (χ1v) is 7.01. The van der Waals surface area contributed by atoms with Crippen molar-refractivity contribution in [3.05, 3.63) is 59.7 Å². The van der Waals surface area contributed by atoms with Crippen LogP contribution in [0.25, 0.3) is 0 Å². The molecule has 0 radical (unpaired) electrons. The van der Waals surface area contributed by atoms with Crippen molar-refractivity contribution in [2.75, 3.05) is 13.2 Å². The van der Waals surface area contributed by atoms with Gasteiger partial charge in [0, 0.05) is 26.0 Å². The summed E-state index contributed by atoms with van der Waals surface area (Å²) in [5, 5.41) is 0. The first-order valence-electron chi connectivity index (χ1n) is 7.01. The Labute approximate surface area is 119 Å². The van der Waals surface area contributed by atoms with Crippen LogP contribution in [0.15, 0.2) is 42.6 Å². The zero-order chi connectivity index (χ0) is 13.8. The third-order valence-electron chi connectivity index (χ3n) is 4.02. The average Bonchev–Trinajstić information content (AvgIpc) is 2.56. The van der Waals surface area contributed by atoms with Crippen molar-refractivity contribution in [1.29, 1.82) is 0 Å². The summed E-state index contributed by atoms with van der Waals surface area (Å²) >= 11 is 0. The van der Waals surface area contributed by atoms with Crippen LogP contribution in [0, 0.1) is 0 Å². The smallest absolute Gasteiger partial charge is 0.139 e. The summed E-state index contributed by atoms with van der Waals surface area (Å²) in [6.07, 6.45) is 3.63. The van der Waals surface area contributed by atoms with E-state index < -0.39 is 0 Å². The van der Waals surface area contributed by atoms with E-state index >= 15 is 0 Å². The van der Waals surface area contributed by atoms with Crippen molar-refractivity contribution in [3.63, 3.8) is 0 Å². The van der Waals surface area contributed by atoms with Gasteiger partial charge in [-0.15, -0.1) is 0 Å². The number of hydrogen-bond donors (Lipinski definition) is 1. The molecule has 1 aliphatic heterocycles. The maximum Gasteiger partial charge on any atom is 0.139 e. The van der Waals surface area contributed by atoms with Crippen molar-refractivity contribution in [1.82, 2.24) is 9.97 Å². The molecule has 104 valence electrons. The van der Waals surface area contributed by atoms with Crippen LogP contribution < -0.4 is 5.73 Å². The summed E-state index contributed by atoms with van der Waals surface area (Å²) in [6.45, 7) is 1.92. The van der Waals surface area contributed by atoms with Crippen LogP contribution in [-0.4, -0.2) is 23.2 Å². The van der Waals surface area contributed by atoms with E-state index in [1.54, 1.807) is 0 Å². The molecule has 2 heterocycles. The molecule has 1 aliphatic rings. The molecule has 1 aromatic carbocycles. The fourth-order valence-electron chi connectivity index (χ4n) is 2.86. The first-order chi connectivity index (χ1) is 9.85. The van der Waals surface area contributed by atoms with Crippen LogP contribution in [0.4, 0.5) is 0 Å². The Balaban J connectivity index is 2.10. The molecular formula is C16H19N3O. The lowest BCUT2D eigenvalue weighted by Crippen LogP contribution is -2.37. The summed E-state index contributed by atoms with van der Waals surface area (Å²) in [5.74, 6) is 0.870. The van der Waals surface area contributed by atoms with Gasteiger partial charge in [0.1, 0.15) is 5.82 Å². The molecule has 2 aromatic rings. The standard InChI is InChI=1S/C16H19N3O/c17-12-14-6-9-18-15(19-14)16(7-10-20-11-8-16)13-4-2-1-3-5-13/h1-6,9H,7-8,10-12,17H2. The first kappa shape index (κ1) is 13.2. The van der Waals surface area contributed by atoms with Crippen molar-refractivity contribution >= 4 is 0 Å². The normalized spacial score (nSPS) is 17.9. The van der Waals surface area contributed by atoms with Crippen molar-refractivity contribution in [2.24, 2.45) is 5.73 Å². The molecule has 1 aromatic heterocycles. The van der Waals surface area contributed by atoms with Gasteiger partial charge in [0.2, 0.25) is 0 Å². The van der Waals surface area contributed by atoms with Gasteiger partial charge in [-0.2, -0.15) is 0 Å². The molecule has 0 amide bonds. The largest absolute Gasteiger partial charge is 0.381 e. The topological polar surface area (TPSA) is 61.0 Å². The Kier molecular flexibility index (Phi) is 3.76. The molecule has 0 spiro atoms. The van der Waals surface area contributed by atoms with Crippen LogP contribution in [0.3, 0.4) is 0 Å². The minimum absolute atomic E-state index is 0.148. The fraction of sp³-hybridized carbons (Fsp3) is 0.375. The predicted octanol–water partition coefficient (Wildman–Crippen LogP) is 2.03. The van der Waals surface area contributed by atoms with Gasteiger partial charge in [-0.25, -0.2) is 9.97 Å². The Bertz CT molecular complexity index is 565. The number of nitrogens with two attached hydrogens (primary N) is 1. The molecule has 2 N–H and O–H groups in total. The highest BCUT2D eigenvalue weighted by atomic mass is 16.5. The van der Waals surface area contributed by atoms with E-state index in [9.17, 15) is 0 Å². The van der Waals surface area contributed by atoms with E-state index in [1.807, 2.05) is 18.3 Å². The van der Waals surface area contributed by atoms with Crippen LogP contribution in [0.1, 0.15) is 29.9 Å². The molecule has 3 rings (SSSR count). The quantitative estimate of drug-likeness (QED) is 0.926. The molecular weight excluding hydrogens is 250 g/mol. The lowest BCUT2D eigenvalue weighted by Gasteiger charge is -2.36. The third-order valence-corrected chi connectivity index (χ3v) is 4.02. The van der Waals surface area contributed by atoms with Gasteiger partial charge in [0.25, 0.3) is 0 Å². The highest BCUT2D eigenvalue weighted by Gasteiger charge is 2.38. The third kappa shape index (κ3) is 2.32. The monoisotopic (exact) mass is 269 g/mol. The number of benzene rings is 1. The van der Waals surface area contributed by atoms with Gasteiger partial charge in [0.05, 0.1) is 11.1 Å². The Hall–Kier alpha value is -1.78. The Morgan fingerprint density at radius 2 is 1.85 bits per heavy atom. The summed E-state index contributed by atoms with van der Waals surface area (Å²) in [7, 11) is 0. The highest BCUT2D eigenvalue weighted by molar-refractivity contribution is 5.33. The van der Waals surface area contributed by atoms with Crippen molar-refractivity contribution in [2.45, 2.75) is 24.8 Å². The van der Waals surface area contributed by atoms with Gasteiger partial charge < -0.3 is 10.5 Å². The number of hydrogen-bond acceptors (Lipinski definition) is 4. The van der Waals surface area contributed by atoms with Crippen molar-refractivity contribution in [3.8, 4) is 0 Å². The van der Waals surface area contributed by atoms with Gasteiger partial charge >= 0.3 is 0 Å². The van der Waals surface area contributed by atoms with Gasteiger partial charge in [-0.3, -0.25) is 0 Å². The predicted molar refractivity (Wildman–Crippen MR) is 77.2 cm³/mol. The molecule has 4 heteroatoms. The molecule has 1 fully saturated rings. The lowest BCUT2D eigenvalue weighted by atomic mass is 9.73. The zero-order valence-corrected chi connectivity index (χ0v) is 11.5. The maximum absolute atomic E-state index is 5.72. The van der Waals surface area contributed by atoms with E-state index in [4.69, 9.17) is 10.5 Å². The molecule has 20 heavy (non-hydrogen) atoms. The number of aromatic nitrogens is 2. The number of rotatable bonds is 3. The van der Waals surface area contributed by atoms with E-state index in [0.717, 1.165) is 37.6 Å². The molecule has 0 aliphatic carbocycles. The van der Waals surface area contributed by atoms with Gasteiger partial charge in [-0.1, -0.05) is 30.3 Å². The minimum Gasteiger partial charge on any atom is -0.381 e. The summed E-state index contributed by atoms with van der Waals surface area (Å²) in [4.78, 5) is 9.21. The van der Waals surface area contributed by atoms with E-state index in [-0.39, 0.29) is 5.41 Å². The van der Waals surface area contributed by atoms with Crippen molar-refractivity contribution < 1.29 is 4.74 Å². The minimum atomic E-state index is -0.148. The van der Waals surface area contributed by atoms with Crippen LogP contribution in [0.5, 0.6) is 0 Å². The van der Waals surface area contributed by atoms with Crippen LogP contribution in [0.2, 0.25) is 0 Å². The number of nitrogens with zero attached hydrogens (tertiary/aromatic N) is 2. The van der Waals surface area contributed by atoms with E-state index in [2.05, 4.69) is 34.2 Å². The second-order valence-corrected chi connectivity index (χ2v) is 5.14. The number of ether oxygens (including phenoxy) is 1. The molecule has 0 saturated carbocycles. The molecule has 0 bridgehead atoms. The second kappa shape index (κ2) is 5.69. The maximum atomic E-state index is 5.72. The summed E-state index contributed by atoms with van der Waals surface area (Å²) in [5.41, 5.74) is 7.71. The molecule has 4 nitrogen and oxygen atoms in total. The van der Waals surface area contributed by atoms with E-state index in [1.165, 1.54) is 5.56 Å². The molecule has 0 unspecified atom stereocenters. The fourth-order valence-corrected chi connectivity index (χ4v) is 2.86. The Morgan fingerprint density at radius 3 is 2.55 bits per heavy atom. The van der Waals surface area contributed by atoms with Gasteiger partial charge in [-0.05, 0) is 24.5 Å². The summed E-state index contributed by atoms with van der Waals surface area (Å²) in [6, 6.07) is 12.4. The van der Waals surface area contributed by atoms with Gasteiger partial charge in [0.15, 0.2) is 0 Å². The second-order valence-electron chi connectivity index (χ2n) is 5.14. The highest BCUT2D eigenvalue weighted by Crippen LogP contribution is 2.39. The Morgan fingerprint density at radius 1 is 1.10 bits per heavy atom. The zero-order valence-electron chi connectivity index (χ0n) is 11.5.